The molecule has 4 unspecified atom stereocenters. The molecule has 3 aliphatic rings. The number of hydrogen-bond acceptors (Lipinski definition) is 3. The zero-order valence-corrected chi connectivity index (χ0v) is 17.3. The Kier molecular flexibility index (Phi) is 5.22. The van der Waals surface area contributed by atoms with Crippen LogP contribution in [0.5, 0.6) is 0 Å². The van der Waals surface area contributed by atoms with Gasteiger partial charge >= 0.3 is 6.03 Å². The summed E-state index contributed by atoms with van der Waals surface area (Å²) in [5.41, 5.74) is 2.90. The highest BCUT2D eigenvalue weighted by Gasteiger charge is 2.41. The zero-order valence-electron chi connectivity index (χ0n) is 16.5. The Morgan fingerprint density at radius 1 is 1.10 bits per heavy atom. The SMILES string of the molecule is O=C(Nc1ccn[nH]1)NC1CCCCC1N1CC2Cc3ccc(Cl)cc3CC2C1. The number of urea groups is 1. The Morgan fingerprint density at radius 3 is 2.69 bits per heavy atom. The maximum Gasteiger partial charge on any atom is 0.320 e. The predicted molar refractivity (Wildman–Crippen MR) is 114 cm³/mol. The van der Waals surface area contributed by atoms with Gasteiger partial charge in [-0.2, -0.15) is 5.10 Å². The third kappa shape index (κ3) is 4.01. The van der Waals surface area contributed by atoms with Crippen LogP contribution in [0.4, 0.5) is 10.6 Å². The molecule has 2 fully saturated rings. The van der Waals surface area contributed by atoms with E-state index in [0.717, 1.165) is 43.8 Å². The highest BCUT2D eigenvalue weighted by Crippen LogP contribution is 2.39. The molecular formula is C22H28ClN5O. The molecule has 4 atom stereocenters. The molecule has 5 rings (SSSR count). The molecule has 7 heteroatoms. The van der Waals surface area contributed by atoms with Gasteiger partial charge in [-0.1, -0.05) is 30.5 Å². The fourth-order valence-corrected chi connectivity index (χ4v) is 5.82. The number of amides is 2. The third-order valence-corrected chi connectivity index (χ3v) is 7.24. The fraction of sp³-hybridized carbons (Fsp3) is 0.545. The maximum atomic E-state index is 12.5. The van der Waals surface area contributed by atoms with E-state index >= 15 is 0 Å². The molecule has 0 spiro atoms. The summed E-state index contributed by atoms with van der Waals surface area (Å²) in [6.07, 6.45) is 8.54. The summed E-state index contributed by atoms with van der Waals surface area (Å²) in [7, 11) is 0. The topological polar surface area (TPSA) is 73.0 Å². The van der Waals surface area contributed by atoms with Crippen molar-refractivity contribution < 1.29 is 4.79 Å². The van der Waals surface area contributed by atoms with E-state index < -0.39 is 0 Å². The molecule has 1 saturated carbocycles. The van der Waals surface area contributed by atoms with Crippen LogP contribution in [0, 0.1) is 11.8 Å². The van der Waals surface area contributed by atoms with Crippen LogP contribution in [0.3, 0.4) is 0 Å². The Balaban J connectivity index is 1.24. The molecular weight excluding hydrogens is 386 g/mol. The Labute approximate surface area is 176 Å². The number of likely N-dealkylation sites (tertiary alicyclic amines) is 1. The van der Waals surface area contributed by atoms with Crippen molar-refractivity contribution in [3.63, 3.8) is 0 Å². The van der Waals surface area contributed by atoms with Crippen molar-refractivity contribution in [3.05, 3.63) is 46.6 Å². The lowest BCUT2D eigenvalue weighted by atomic mass is 9.78. The number of rotatable bonds is 3. The second-order valence-corrected chi connectivity index (χ2v) is 9.26. The molecule has 2 aliphatic carbocycles. The van der Waals surface area contributed by atoms with Crippen LogP contribution in [0.15, 0.2) is 30.5 Å². The average Bonchev–Trinajstić information content (AvgIpc) is 3.35. The normalized spacial score (nSPS) is 29.1. The van der Waals surface area contributed by atoms with Crippen LogP contribution in [-0.2, 0) is 12.8 Å². The lowest BCUT2D eigenvalue weighted by Crippen LogP contribution is -2.53. The number of aromatic amines is 1. The number of aromatic nitrogens is 2. The third-order valence-electron chi connectivity index (χ3n) is 7.00. The number of fused-ring (bicyclic) bond motifs is 2. The summed E-state index contributed by atoms with van der Waals surface area (Å²) in [5.74, 6) is 2.03. The minimum Gasteiger partial charge on any atom is -0.334 e. The summed E-state index contributed by atoms with van der Waals surface area (Å²) in [4.78, 5) is 15.1. The van der Waals surface area contributed by atoms with E-state index in [1.54, 1.807) is 12.3 Å². The molecule has 154 valence electrons. The van der Waals surface area contributed by atoms with E-state index in [-0.39, 0.29) is 12.1 Å². The monoisotopic (exact) mass is 413 g/mol. The molecule has 6 nitrogen and oxygen atoms in total. The van der Waals surface area contributed by atoms with Crippen LogP contribution in [0.2, 0.25) is 5.02 Å². The molecule has 2 heterocycles. The molecule has 1 aromatic carbocycles. The average molecular weight is 414 g/mol. The number of benzene rings is 1. The quantitative estimate of drug-likeness (QED) is 0.715. The molecule has 1 aromatic heterocycles. The van der Waals surface area contributed by atoms with Gasteiger partial charge in [-0.25, -0.2) is 4.79 Å². The maximum absolute atomic E-state index is 12.5. The lowest BCUT2D eigenvalue weighted by molar-refractivity contribution is 0.145. The van der Waals surface area contributed by atoms with Gasteiger partial charge < -0.3 is 5.32 Å². The van der Waals surface area contributed by atoms with Crippen molar-refractivity contribution in [2.45, 2.75) is 50.6 Å². The van der Waals surface area contributed by atoms with E-state index in [1.165, 1.54) is 24.0 Å². The minimum absolute atomic E-state index is 0.148. The highest BCUT2D eigenvalue weighted by atomic mass is 35.5. The van der Waals surface area contributed by atoms with Gasteiger partial charge in [0.1, 0.15) is 5.82 Å². The summed E-state index contributed by atoms with van der Waals surface area (Å²) >= 11 is 6.23. The first-order valence-electron chi connectivity index (χ1n) is 10.7. The largest absolute Gasteiger partial charge is 0.334 e. The number of carbonyl (C=O) groups is 1. The number of hydrogen-bond donors (Lipinski definition) is 3. The molecule has 29 heavy (non-hydrogen) atoms. The first-order chi connectivity index (χ1) is 14.2. The van der Waals surface area contributed by atoms with Gasteiger partial charge in [0, 0.05) is 36.3 Å². The molecule has 0 radical (unpaired) electrons. The van der Waals surface area contributed by atoms with Gasteiger partial charge in [-0.05, 0) is 60.8 Å². The molecule has 1 aliphatic heterocycles. The van der Waals surface area contributed by atoms with Gasteiger partial charge in [-0.3, -0.25) is 15.3 Å². The summed E-state index contributed by atoms with van der Waals surface area (Å²) in [6, 6.07) is 8.61. The summed E-state index contributed by atoms with van der Waals surface area (Å²) in [6.45, 7) is 2.26. The van der Waals surface area contributed by atoms with Crippen LogP contribution in [0.1, 0.15) is 36.8 Å². The van der Waals surface area contributed by atoms with E-state index in [0.29, 0.717) is 23.7 Å². The first kappa shape index (κ1) is 18.9. The fourth-order valence-electron chi connectivity index (χ4n) is 5.63. The van der Waals surface area contributed by atoms with E-state index in [1.807, 2.05) is 6.07 Å². The van der Waals surface area contributed by atoms with Crippen LogP contribution >= 0.6 is 11.6 Å². The van der Waals surface area contributed by atoms with Gasteiger partial charge in [0.25, 0.3) is 0 Å². The van der Waals surface area contributed by atoms with E-state index in [9.17, 15) is 4.79 Å². The van der Waals surface area contributed by atoms with Crippen LogP contribution in [-0.4, -0.2) is 46.3 Å². The molecule has 0 bridgehead atoms. The number of carbonyl (C=O) groups excluding carboxylic acids is 1. The second-order valence-electron chi connectivity index (χ2n) is 8.82. The molecule has 2 amide bonds. The van der Waals surface area contributed by atoms with Gasteiger partial charge in [0.15, 0.2) is 0 Å². The van der Waals surface area contributed by atoms with Crippen molar-refractivity contribution >= 4 is 23.4 Å². The number of halogens is 1. The van der Waals surface area contributed by atoms with E-state index in [2.05, 4.69) is 37.9 Å². The van der Waals surface area contributed by atoms with Gasteiger partial charge in [0.05, 0.1) is 6.20 Å². The Hall–Kier alpha value is -2.05. The van der Waals surface area contributed by atoms with Crippen molar-refractivity contribution in [2.24, 2.45) is 11.8 Å². The smallest absolute Gasteiger partial charge is 0.320 e. The van der Waals surface area contributed by atoms with Crippen molar-refractivity contribution in [3.8, 4) is 0 Å². The standard InChI is InChI=1S/C22H28ClN5O/c23-18-6-5-14-9-16-12-28(13-17(16)10-15(14)11-18)20-4-2-1-3-19(20)25-22(29)26-21-7-8-24-27-21/h5-8,11,16-17,19-20H,1-4,9-10,12-13H2,(H3,24,25,26,27,29). The Bertz CT molecular complexity index is 870. The second kappa shape index (κ2) is 8.00. The molecule has 2 aromatic rings. The Morgan fingerprint density at radius 2 is 1.90 bits per heavy atom. The van der Waals surface area contributed by atoms with Gasteiger partial charge in [-0.15, -0.1) is 0 Å². The number of nitrogens with zero attached hydrogens (tertiary/aromatic N) is 2. The summed E-state index contributed by atoms with van der Waals surface area (Å²) < 4.78 is 0. The van der Waals surface area contributed by atoms with Crippen molar-refractivity contribution in [1.82, 2.24) is 20.4 Å². The van der Waals surface area contributed by atoms with Crippen LogP contribution in [0.25, 0.3) is 0 Å². The predicted octanol–water partition coefficient (Wildman–Crippen LogP) is 3.84. The number of nitrogens with one attached hydrogen (secondary N) is 3. The summed E-state index contributed by atoms with van der Waals surface area (Å²) in [5, 5.41) is 13.6. The molecule has 1 saturated heterocycles. The highest BCUT2D eigenvalue weighted by molar-refractivity contribution is 6.30. The van der Waals surface area contributed by atoms with Gasteiger partial charge in [0.2, 0.25) is 0 Å². The zero-order chi connectivity index (χ0) is 19.8. The number of H-pyrrole nitrogens is 1. The number of anilines is 1. The lowest BCUT2D eigenvalue weighted by Gasteiger charge is -2.38. The van der Waals surface area contributed by atoms with E-state index in [4.69, 9.17) is 11.6 Å². The first-order valence-corrected chi connectivity index (χ1v) is 11.1. The van der Waals surface area contributed by atoms with Crippen molar-refractivity contribution in [2.75, 3.05) is 18.4 Å². The molecule has 3 N–H and O–H groups in total. The van der Waals surface area contributed by atoms with Crippen molar-refractivity contribution in [1.29, 1.82) is 0 Å². The minimum atomic E-state index is -0.148. The van der Waals surface area contributed by atoms with Crippen LogP contribution < -0.4 is 10.6 Å².